The predicted molar refractivity (Wildman–Crippen MR) is 65.9 cm³/mol. The summed E-state index contributed by atoms with van der Waals surface area (Å²) in [5.41, 5.74) is 1.02. The molecule has 0 bridgehead atoms. The Bertz CT molecular complexity index is 535. The van der Waals surface area contributed by atoms with E-state index in [9.17, 15) is 9.18 Å². The second-order valence-corrected chi connectivity index (χ2v) is 3.68. The standard InChI is InChI=1S/C14H13FN2O/c1-11(18)17-9-3-2-4-13-10-12(7-8-16)5-6-14(13)15/h5-6,10H,3,7,9H2,1H3,(H,17,18). The summed E-state index contributed by atoms with van der Waals surface area (Å²) in [6.07, 6.45) is 0.697. The summed E-state index contributed by atoms with van der Waals surface area (Å²) >= 11 is 0. The number of nitrogens with zero attached hydrogens (tertiary/aromatic N) is 1. The second-order valence-electron chi connectivity index (χ2n) is 3.68. The van der Waals surface area contributed by atoms with Crippen molar-refractivity contribution in [3.8, 4) is 17.9 Å². The summed E-state index contributed by atoms with van der Waals surface area (Å²) in [6, 6.07) is 6.46. The zero-order valence-electron chi connectivity index (χ0n) is 10.1. The molecule has 0 saturated carbocycles. The average Bonchev–Trinajstić information content (AvgIpc) is 2.32. The van der Waals surface area contributed by atoms with Gasteiger partial charge in [-0.1, -0.05) is 17.9 Å². The molecule has 4 heteroatoms. The van der Waals surface area contributed by atoms with E-state index in [-0.39, 0.29) is 17.9 Å². The molecule has 0 aromatic heterocycles. The van der Waals surface area contributed by atoms with Crippen LogP contribution in [0.25, 0.3) is 0 Å². The second kappa shape index (κ2) is 7.09. The van der Waals surface area contributed by atoms with Gasteiger partial charge in [-0.05, 0) is 17.7 Å². The first kappa shape index (κ1) is 13.7. The van der Waals surface area contributed by atoms with Gasteiger partial charge in [0.05, 0.1) is 18.1 Å². The Labute approximate surface area is 106 Å². The van der Waals surface area contributed by atoms with Gasteiger partial charge in [-0.3, -0.25) is 4.79 Å². The van der Waals surface area contributed by atoms with Gasteiger partial charge in [0.1, 0.15) is 5.82 Å². The Morgan fingerprint density at radius 3 is 2.94 bits per heavy atom. The van der Waals surface area contributed by atoms with Gasteiger partial charge in [-0.15, -0.1) is 0 Å². The molecule has 0 atom stereocenters. The topological polar surface area (TPSA) is 52.9 Å². The molecule has 0 radical (unpaired) electrons. The zero-order chi connectivity index (χ0) is 13.4. The predicted octanol–water partition coefficient (Wildman–Crippen LogP) is 1.77. The van der Waals surface area contributed by atoms with Crippen molar-refractivity contribution < 1.29 is 9.18 Å². The molecule has 0 spiro atoms. The maximum absolute atomic E-state index is 13.4. The van der Waals surface area contributed by atoms with Crippen LogP contribution in [0.4, 0.5) is 4.39 Å². The van der Waals surface area contributed by atoms with E-state index in [4.69, 9.17) is 5.26 Å². The number of nitriles is 1. The van der Waals surface area contributed by atoms with Crippen LogP contribution < -0.4 is 5.32 Å². The lowest BCUT2D eigenvalue weighted by Crippen LogP contribution is -2.20. The Hall–Kier alpha value is -2.33. The summed E-state index contributed by atoms with van der Waals surface area (Å²) in [6.45, 7) is 1.88. The highest BCUT2D eigenvalue weighted by molar-refractivity contribution is 5.72. The van der Waals surface area contributed by atoms with E-state index < -0.39 is 5.82 Å². The first-order chi connectivity index (χ1) is 8.63. The first-order valence-electron chi connectivity index (χ1n) is 5.52. The summed E-state index contributed by atoms with van der Waals surface area (Å²) < 4.78 is 13.4. The Morgan fingerprint density at radius 2 is 2.28 bits per heavy atom. The van der Waals surface area contributed by atoms with Crippen molar-refractivity contribution in [2.24, 2.45) is 0 Å². The number of amides is 1. The third-order valence-corrected chi connectivity index (χ3v) is 2.16. The number of carbonyl (C=O) groups is 1. The average molecular weight is 244 g/mol. The lowest BCUT2D eigenvalue weighted by Gasteiger charge is -1.98. The third-order valence-electron chi connectivity index (χ3n) is 2.16. The highest BCUT2D eigenvalue weighted by Gasteiger charge is 2.00. The lowest BCUT2D eigenvalue weighted by atomic mass is 10.1. The van der Waals surface area contributed by atoms with Crippen molar-refractivity contribution in [2.45, 2.75) is 19.8 Å². The van der Waals surface area contributed by atoms with Crippen LogP contribution in [-0.4, -0.2) is 12.5 Å². The number of hydrogen-bond donors (Lipinski definition) is 1. The molecule has 1 N–H and O–H groups in total. The number of halogens is 1. The molecule has 0 aliphatic rings. The molecule has 0 fully saturated rings. The molecule has 18 heavy (non-hydrogen) atoms. The summed E-state index contributed by atoms with van der Waals surface area (Å²) in [5, 5.41) is 11.2. The van der Waals surface area contributed by atoms with E-state index in [1.807, 2.05) is 6.07 Å². The number of benzene rings is 1. The molecule has 1 aromatic rings. The minimum absolute atomic E-state index is 0.112. The zero-order valence-corrected chi connectivity index (χ0v) is 10.1. The molecular formula is C14H13FN2O. The molecule has 1 rings (SSSR count). The molecule has 0 saturated heterocycles. The largest absolute Gasteiger partial charge is 0.355 e. The van der Waals surface area contributed by atoms with E-state index in [1.54, 1.807) is 12.1 Å². The van der Waals surface area contributed by atoms with E-state index in [0.717, 1.165) is 5.56 Å². The van der Waals surface area contributed by atoms with Crippen LogP contribution in [0.1, 0.15) is 24.5 Å². The number of nitrogens with one attached hydrogen (secondary N) is 1. The third kappa shape index (κ3) is 4.67. The molecule has 0 aliphatic heterocycles. The quantitative estimate of drug-likeness (QED) is 0.650. The van der Waals surface area contributed by atoms with Crippen LogP contribution in [0.2, 0.25) is 0 Å². The fraction of sp³-hybridized carbons (Fsp3) is 0.286. The maximum atomic E-state index is 13.4. The molecule has 0 unspecified atom stereocenters. The van der Waals surface area contributed by atoms with Gasteiger partial charge in [0, 0.05) is 19.9 Å². The lowest BCUT2D eigenvalue weighted by molar-refractivity contribution is -0.118. The van der Waals surface area contributed by atoms with Gasteiger partial charge in [0.25, 0.3) is 0 Å². The number of hydrogen-bond acceptors (Lipinski definition) is 2. The fourth-order valence-electron chi connectivity index (χ4n) is 1.33. The fourth-order valence-corrected chi connectivity index (χ4v) is 1.33. The maximum Gasteiger partial charge on any atom is 0.216 e. The van der Waals surface area contributed by atoms with Crippen molar-refractivity contribution in [1.82, 2.24) is 5.32 Å². The van der Waals surface area contributed by atoms with Gasteiger partial charge in [0.15, 0.2) is 0 Å². The summed E-state index contributed by atoms with van der Waals surface area (Å²) in [7, 11) is 0. The van der Waals surface area contributed by atoms with E-state index in [2.05, 4.69) is 17.2 Å². The Kier molecular flexibility index (Phi) is 5.41. The molecule has 0 aliphatic carbocycles. The summed E-state index contributed by atoms with van der Waals surface area (Å²) in [4.78, 5) is 10.6. The number of rotatable bonds is 3. The van der Waals surface area contributed by atoms with Crippen LogP contribution in [0.15, 0.2) is 18.2 Å². The van der Waals surface area contributed by atoms with Crippen molar-refractivity contribution in [1.29, 1.82) is 5.26 Å². The molecule has 3 nitrogen and oxygen atoms in total. The van der Waals surface area contributed by atoms with Crippen molar-refractivity contribution >= 4 is 5.91 Å². The molecule has 0 heterocycles. The van der Waals surface area contributed by atoms with Crippen molar-refractivity contribution in [3.05, 3.63) is 35.1 Å². The van der Waals surface area contributed by atoms with Gasteiger partial charge in [-0.2, -0.15) is 5.26 Å². The number of carbonyl (C=O) groups excluding carboxylic acids is 1. The van der Waals surface area contributed by atoms with Gasteiger partial charge in [-0.25, -0.2) is 4.39 Å². The SMILES string of the molecule is CC(=O)NCCC#Cc1cc(CC#N)ccc1F. The summed E-state index contributed by atoms with van der Waals surface area (Å²) in [5.74, 6) is 4.97. The van der Waals surface area contributed by atoms with Gasteiger partial charge >= 0.3 is 0 Å². The van der Waals surface area contributed by atoms with Crippen LogP contribution in [0.5, 0.6) is 0 Å². The highest BCUT2D eigenvalue weighted by Crippen LogP contribution is 2.09. The van der Waals surface area contributed by atoms with Crippen LogP contribution in [-0.2, 0) is 11.2 Å². The monoisotopic (exact) mass is 244 g/mol. The highest BCUT2D eigenvalue weighted by atomic mass is 19.1. The minimum Gasteiger partial charge on any atom is -0.355 e. The smallest absolute Gasteiger partial charge is 0.216 e. The minimum atomic E-state index is -0.399. The Morgan fingerprint density at radius 1 is 1.50 bits per heavy atom. The van der Waals surface area contributed by atoms with Crippen molar-refractivity contribution in [3.63, 3.8) is 0 Å². The molecule has 92 valence electrons. The molecule has 1 aromatic carbocycles. The molecule has 1 amide bonds. The van der Waals surface area contributed by atoms with E-state index >= 15 is 0 Å². The van der Waals surface area contributed by atoms with E-state index in [1.165, 1.54) is 13.0 Å². The first-order valence-corrected chi connectivity index (χ1v) is 5.52. The van der Waals surface area contributed by atoms with Crippen LogP contribution in [0.3, 0.4) is 0 Å². The normalized spacial score (nSPS) is 8.94. The van der Waals surface area contributed by atoms with Crippen LogP contribution in [0, 0.1) is 29.0 Å². The van der Waals surface area contributed by atoms with Gasteiger partial charge in [0.2, 0.25) is 5.91 Å². The Balaban J connectivity index is 2.66. The molecular weight excluding hydrogens is 231 g/mol. The van der Waals surface area contributed by atoms with Crippen LogP contribution >= 0.6 is 0 Å². The van der Waals surface area contributed by atoms with Crippen molar-refractivity contribution in [2.75, 3.05) is 6.54 Å². The van der Waals surface area contributed by atoms with Gasteiger partial charge < -0.3 is 5.32 Å². The van der Waals surface area contributed by atoms with E-state index in [0.29, 0.717) is 13.0 Å².